The van der Waals surface area contributed by atoms with Crippen LogP contribution in [0.15, 0.2) is 18.2 Å². The van der Waals surface area contributed by atoms with Crippen LogP contribution < -0.4 is 20.5 Å². The molecule has 2 fully saturated rings. The van der Waals surface area contributed by atoms with E-state index in [9.17, 15) is 4.79 Å². The molecule has 3 N–H and O–H groups in total. The van der Waals surface area contributed by atoms with Crippen LogP contribution in [0.2, 0.25) is 0 Å². The number of carbonyl (C=O) groups is 1. The lowest BCUT2D eigenvalue weighted by molar-refractivity contribution is -0.109. The van der Waals surface area contributed by atoms with Crippen molar-refractivity contribution in [2.45, 2.75) is 37.7 Å². The SMILES string of the molecule is COc1ccc(C(CN)CNC=O)cc1O[C@H]1C[C@@H]2CC[C@H]1C2. The lowest BCUT2D eigenvalue weighted by Crippen LogP contribution is -2.26. The van der Waals surface area contributed by atoms with Crippen LogP contribution >= 0.6 is 0 Å². The summed E-state index contributed by atoms with van der Waals surface area (Å²) >= 11 is 0. The van der Waals surface area contributed by atoms with Crippen molar-refractivity contribution >= 4 is 6.41 Å². The van der Waals surface area contributed by atoms with Crippen LogP contribution in [0.25, 0.3) is 0 Å². The molecule has 5 nitrogen and oxygen atoms in total. The Morgan fingerprint density at radius 2 is 2.22 bits per heavy atom. The van der Waals surface area contributed by atoms with E-state index in [1.807, 2.05) is 18.2 Å². The third kappa shape index (κ3) is 3.44. The minimum absolute atomic E-state index is 0.0773. The summed E-state index contributed by atoms with van der Waals surface area (Å²) in [4.78, 5) is 10.5. The van der Waals surface area contributed by atoms with Crippen LogP contribution in [0.5, 0.6) is 11.5 Å². The van der Waals surface area contributed by atoms with E-state index in [-0.39, 0.29) is 5.92 Å². The van der Waals surface area contributed by atoms with Gasteiger partial charge in [0, 0.05) is 19.0 Å². The number of nitrogens with one attached hydrogen (secondary N) is 1. The first-order valence-corrected chi connectivity index (χ1v) is 8.46. The van der Waals surface area contributed by atoms with Gasteiger partial charge in [-0.15, -0.1) is 0 Å². The third-order valence-corrected chi connectivity index (χ3v) is 5.34. The lowest BCUT2D eigenvalue weighted by atomic mass is 9.97. The van der Waals surface area contributed by atoms with Gasteiger partial charge in [-0.2, -0.15) is 0 Å². The second kappa shape index (κ2) is 7.21. The largest absolute Gasteiger partial charge is 0.493 e. The molecule has 0 radical (unpaired) electrons. The molecule has 4 atom stereocenters. The molecular weight excluding hydrogens is 292 g/mol. The number of nitrogens with two attached hydrogens (primary N) is 1. The molecule has 2 aliphatic carbocycles. The number of fused-ring (bicyclic) bond motifs is 2. The molecule has 23 heavy (non-hydrogen) atoms. The highest BCUT2D eigenvalue weighted by molar-refractivity contribution is 5.47. The van der Waals surface area contributed by atoms with Crippen LogP contribution in [0.4, 0.5) is 0 Å². The highest BCUT2D eigenvalue weighted by atomic mass is 16.5. The van der Waals surface area contributed by atoms with Crippen LogP contribution in [-0.4, -0.2) is 32.7 Å². The quantitative estimate of drug-likeness (QED) is 0.720. The summed E-state index contributed by atoms with van der Waals surface area (Å²) in [6.07, 6.45) is 6.12. The molecule has 1 aromatic carbocycles. The molecule has 2 bridgehead atoms. The van der Waals surface area contributed by atoms with E-state index in [1.54, 1.807) is 7.11 Å². The fourth-order valence-corrected chi connectivity index (χ4v) is 4.06. The van der Waals surface area contributed by atoms with Gasteiger partial charge in [0.15, 0.2) is 11.5 Å². The number of hydrogen-bond acceptors (Lipinski definition) is 4. The topological polar surface area (TPSA) is 73.6 Å². The smallest absolute Gasteiger partial charge is 0.207 e. The molecule has 0 saturated heterocycles. The Labute approximate surface area is 137 Å². The first-order chi connectivity index (χ1) is 11.2. The van der Waals surface area contributed by atoms with E-state index < -0.39 is 0 Å². The maximum atomic E-state index is 10.5. The van der Waals surface area contributed by atoms with Crippen molar-refractivity contribution in [3.05, 3.63) is 23.8 Å². The Balaban J connectivity index is 1.77. The summed E-state index contributed by atoms with van der Waals surface area (Å²) in [7, 11) is 1.66. The number of carbonyl (C=O) groups excluding carboxylic acids is 1. The van der Waals surface area contributed by atoms with Crippen molar-refractivity contribution in [2.24, 2.45) is 17.6 Å². The van der Waals surface area contributed by atoms with Crippen molar-refractivity contribution in [2.75, 3.05) is 20.2 Å². The highest BCUT2D eigenvalue weighted by Crippen LogP contribution is 2.47. The molecule has 0 aliphatic heterocycles. The van der Waals surface area contributed by atoms with Crippen molar-refractivity contribution < 1.29 is 14.3 Å². The zero-order valence-corrected chi connectivity index (χ0v) is 13.7. The Morgan fingerprint density at radius 3 is 2.83 bits per heavy atom. The molecule has 126 valence electrons. The fourth-order valence-electron chi connectivity index (χ4n) is 4.06. The fraction of sp³-hybridized carbons (Fsp3) is 0.611. The normalized spacial score (nSPS) is 26.8. The Bertz CT molecular complexity index is 549. The summed E-state index contributed by atoms with van der Waals surface area (Å²) in [6, 6.07) is 5.95. The Kier molecular flexibility index (Phi) is 5.06. The summed E-state index contributed by atoms with van der Waals surface area (Å²) in [6.45, 7) is 1.00. The van der Waals surface area contributed by atoms with Crippen LogP contribution in [0.1, 0.15) is 37.2 Å². The molecule has 1 aromatic rings. The van der Waals surface area contributed by atoms with Gasteiger partial charge in [0.1, 0.15) is 6.10 Å². The lowest BCUT2D eigenvalue weighted by Gasteiger charge is -2.25. The molecule has 0 heterocycles. The van der Waals surface area contributed by atoms with Gasteiger partial charge in [-0.1, -0.05) is 6.07 Å². The molecular formula is C18H26N2O3. The predicted molar refractivity (Wildman–Crippen MR) is 88.7 cm³/mol. The minimum Gasteiger partial charge on any atom is -0.493 e. The molecule has 1 unspecified atom stereocenters. The Morgan fingerprint density at radius 1 is 1.35 bits per heavy atom. The minimum atomic E-state index is 0.0773. The predicted octanol–water partition coefficient (Wildman–Crippen LogP) is 2.05. The first-order valence-electron chi connectivity index (χ1n) is 8.46. The molecule has 5 heteroatoms. The van der Waals surface area contributed by atoms with Crippen molar-refractivity contribution in [3.63, 3.8) is 0 Å². The van der Waals surface area contributed by atoms with Gasteiger partial charge in [-0.3, -0.25) is 4.79 Å². The molecule has 2 saturated carbocycles. The summed E-state index contributed by atoms with van der Waals surface area (Å²) < 4.78 is 11.8. The molecule has 3 rings (SSSR count). The van der Waals surface area contributed by atoms with Crippen LogP contribution in [0, 0.1) is 11.8 Å². The van der Waals surface area contributed by atoms with E-state index in [0.717, 1.165) is 29.4 Å². The van der Waals surface area contributed by atoms with E-state index in [4.69, 9.17) is 15.2 Å². The first kappa shape index (κ1) is 16.1. The molecule has 0 aromatic heterocycles. The van der Waals surface area contributed by atoms with Gasteiger partial charge in [-0.25, -0.2) is 0 Å². The maximum absolute atomic E-state index is 10.5. The van der Waals surface area contributed by atoms with Gasteiger partial charge < -0.3 is 20.5 Å². The third-order valence-electron chi connectivity index (χ3n) is 5.34. The standard InChI is InChI=1S/C18H26N2O3/c1-22-16-5-4-13(15(9-19)10-20-11-21)8-18(16)23-17-7-12-2-3-14(17)6-12/h4-5,8,11-12,14-15,17H,2-3,6-7,9-10,19H2,1H3,(H,20,21)/t12-,14+,15?,17+/m1/s1. The van der Waals surface area contributed by atoms with E-state index in [1.165, 1.54) is 19.3 Å². The van der Waals surface area contributed by atoms with Gasteiger partial charge in [-0.05, 0) is 55.2 Å². The Hall–Kier alpha value is -1.75. The number of benzene rings is 1. The number of ether oxygens (including phenoxy) is 2. The van der Waals surface area contributed by atoms with Crippen molar-refractivity contribution in [1.29, 1.82) is 0 Å². The van der Waals surface area contributed by atoms with Gasteiger partial charge in [0.25, 0.3) is 0 Å². The number of amides is 1. The number of methoxy groups -OCH3 is 1. The average molecular weight is 318 g/mol. The van der Waals surface area contributed by atoms with Crippen molar-refractivity contribution in [1.82, 2.24) is 5.32 Å². The highest BCUT2D eigenvalue weighted by Gasteiger charge is 2.41. The van der Waals surface area contributed by atoms with E-state index >= 15 is 0 Å². The van der Waals surface area contributed by atoms with Crippen LogP contribution in [-0.2, 0) is 4.79 Å². The number of rotatable bonds is 8. The summed E-state index contributed by atoms with van der Waals surface area (Å²) in [5.74, 6) is 3.17. The molecule has 2 aliphatic rings. The number of hydrogen-bond donors (Lipinski definition) is 2. The molecule has 1 amide bonds. The van der Waals surface area contributed by atoms with E-state index in [2.05, 4.69) is 5.32 Å². The van der Waals surface area contributed by atoms with Crippen molar-refractivity contribution in [3.8, 4) is 11.5 Å². The van der Waals surface area contributed by atoms with Crippen LogP contribution in [0.3, 0.4) is 0 Å². The second-order valence-corrected chi connectivity index (χ2v) is 6.70. The van der Waals surface area contributed by atoms with E-state index in [0.29, 0.717) is 31.5 Å². The van der Waals surface area contributed by atoms with Gasteiger partial charge >= 0.3 is 0 Å². The van der Waals surface area contributed by atoms with Gasteiger partial charge in [0.2, 0.25) is 6.41 Å². The summed E-state index contributed by atoms with van der Waals surface area (Å²) in [5.41, 5.74) is 6.92. The summed E-state index contributed by atoms with van der Waals surface area (Å²) in [5, 5.41) is 2.71. The maximum Gasteiger partial charge on any atom is 0.207 e. The zero-order valence-electron chi connectivity index (χ0n) is 13.7. The zero-order chi connectivity index (χ0) is 16.2. The second-order valence-electron chi connectivity index (χ2n) is 6.70. The monoisotopic (exact) mass is 318 g/mol. The van der Waals surface area contributed by atoms with Gasteiger partial charge in [0.05, 0.1) is 7.11 Å². The molecule has 0 spiro atoms. The average Bonchev–Trinajstić information content (AvgIpc) is 3.19.